The number of thioether (sulfide) groups is 2. The second-order valence-electron chi connectivity index (χ2n) is 5.43. The maximum atomic E-state index is 2.55. The molecule has 2 aromatic rings. The van der Waals surface area contributed by atoms with Gasteiger partial charge < -0.3 is 0 Å². The molecule has 0 bridgehead atoms. The molecule has 0 heterocycles. The molecule has 2 aromatic carbocycles. The summed E-state index contributed by atoms with van der Waals surface area (Å²) >= 11 is 6.56. The number of hydrogen-bond acceptors (Lipinski definition) is 2. The predicted octanol–water partition coefficient (Wildman–Crippen LogP) is 6.64. The van der Waals surface area contributed by atoms with Crippen LogP contribution in [0.15, 0.2) is 70.5 Å². The molecule has 0 aliphatic heterocycles. The third-order valence-electron chi connectivity index (χ3n) is 3.26. The van der Waals surface area contributed by atoms with Crippen molar-refractivity contribution in [3.8, 4) is 0 Å². The van der Waals surface area contributed by atoms with Crippen LogP contribution in [-0.4, -0.2) is 8.00 Å². The highest BCUT2D eigenvalue weighted by Gasteiger charge is 2.40. The Morgan fingerprint density at radius 2 is 1.33 bits per heavy atom. The highest BCUT2D eigenvalue weighted by molar-refractivity contribution is 14.1. The van der Waals surface area contributed by atoms with Crippen LogP contribution in [-0.2, 0) is 0 Å². The Morgan fingerprint density at radius 1 is 0.810 bits per heavy atom. The van der Waals surface area contributed by atoms with Gasteiger partial charge in [0.1, 0.15) is 0 Å². The molecular formula is C18H19IS2. The van der Waals surface area contributed by atoms with E-state index < -0.39 is 0 Å². The molecule has 0 spiro atoms. The van der Waals surface area contributed by atoms with E-state index in [-0.39, 0.29) is 0 Å². The molecule has 0 aromatic heterocycles. The lowest BCUT2D eigenvalue weighted by molar-refractivity contribution is 1.40. The van der Waals surface area contributed by atoms with Gasteiger partial charge in [-0.05, 0) is 49.9 Å². The normalized spacial score (nSPS) is 18.5. The zero-order valence-corrected chi connectivity index (χ0v) is 15.7. The van der Waals surface area contributed by atoms with Crippen LogP contribution in [0.1, 0.15) is 25.7 Å². The largest absolute Gasteiger partial charge is 0.123 e. The predicted molar refractivity (Wildman–Crippen MR) is 104 cm³/mol. The Labute approximate surface area is 149 Å². The minimum absolute atomic E-state index is 0.541. The number of halogens is 1. The second kappa shape index (κ2) is 7.42. The van der Waals surface area contributed by atoms with E-state index in [9.17, 15) is 0 Å². The van der Waals surface area contributed by atoms with Crippen molar-refractivity contribution in [1.29, 1.82) is 0 Å². The van der Waals surface area contributed by atoms with Gasteiger partial charge in [0.05, 0.1) is 2.75 Å². The Kier molecular flexibility index (Phi) is 5.57. The molecule has 2 saturated carbocycles. The Bertz CT molecular complexity index is 548. The summed E-state index contributed by atoms with van der Waals surface area (Å²) in [5, 5.41) is 0.933. The minimum Gasteiger partial charge on any atom is -0.123 e. The van der Waals surface area contributed by atoms with Crippen molar-refractivity contribution in [1.82, 2.24) is 0 Å². The van der Waals surface area contributed by atoms with Gasteiger partial charge in [0.15, 0.2) is 0 Å². The molecule has 2 aliphatic carbocycles. The monoisotopic (exact) mass is 426 g/mol. The maximum absolute atomic E-state index is 2.55. The summed E-state index contributed by atoms with van der Waals surface area (Å²) in [6, 6.07) is 21.3. The second-order valence-corrected chi connectivity index (χ2v) is 11.1. The van der Waals surface area contributed by atoms with E-state index in [1.165, 1.54) is 35.5 Å². The van der Waals surface area contributed by atoms with Crippen molar-refractivity contribution in [3.63, 3.8) is 0 Å². The van der Waals surface area contributed by atoms with Crippen molar-refractivity contribution in [2.75, 3.05) is 0 Å². The minimum atomic E-state index is 0.541. The lowest BCUT2D eigenvalue weighted by Gasteiger charge is -2.04. The summed E-state index contributed by atoms with van der Waals surface area (Å²) in [6.07, 6.45) is 5.57. The van der Waals surface area contributed by atoms with Crippen LogP contribution in [0.25, 0.3) is 0 Å². The summed E-state index contributed by atoms with van der Waals surface area (Å²) < 4.78 is 0.541. The van der Waals surface area contributed by atoms with Gasteiger partial charge >= 0.3 is 0 Å². The standard InChI is InChI=1S/C9H9IS.C9H10S/c10-9(6-7-9)11-8-4-2-1-3-5-8;1-2-4-8(5-3-1)10-9-6-7-9/h1-5H,6-7H2;1-5,9H,6-7H2. The average molecular weight is 426 g/mol. The lowest BCUT2D eigenvalue weighted by atomic mass is 10.4. The molecule has 0 amide bonds. The third kappa shape index (κ3) is 5.87. The first kappa shape index (κ1) is 15.8. The average Bonchev–Trinajstić information content (AvgIpc) is 3.42. The van der Waals surface area contributed by atoms with E-state index in [1.807, 2.05) is 23.5 Å². The fourth-order valence-corrected chi connectivity index (χ4v) is 4.90. The summed E-state index contributed by atoms with van der Waals surface area (Å²) in [7, 11) is 0. The van der Waals surface area contributed by atoms with Crippen LogP contribution in [0.4, 0.5) is 0 Å². The van der Waals surface area contributed by atoms with Crippen molar-refractivity contribution in [2.45, 2.75) is 43.5 Å². The van der Waals surface area contributed by atoms with E-state index in [2.05, 4.69) is 83.3 Å². The fraction of sp³-hybridized carbons (Fsp3) is 0.333. The quantitative estimate of drug-likeness (QED) is 0.397. The SMILES string of the molecule is IC1(Sc2ccccc2)CC1.c1ccc(SC2CC2)cc1. The van der Waals surface area contributed by atoms with E-state index in [0.29, 0.717) is 2.75 Å². The first-order valence-corrected chi connectivity index (χ1v) is 10.2. The Hall–Kier alpha value is -0.130. The Morgan fingerprint density at radius 3 is 1.81 bits per heavy atom. The smallest absolute Gasteiger partial charge is 0.0721 e. The van der Waals surface area contributed by atoms with Crippen molar-refractivity contribution < 1.29 is 0 Å². The van der Waals surface area contributed by atoms with Gasteiger partial charge in [0.2, 0.25) is 0 Å². The highest BCUT2D eigenvalue weighted by Crippen LogP contribution is 2.56. The first-order chi connectivity index (χ1) is 10.2. The molecular weight excluding hydrogens is 407 g/mol. The van der Waals surface area contributed by atoms with Gasteiger partial charge in [-0.1, -0.05) is 59.0 Å². The Balaban J connectivity index is 0.000000126. The first-order valence-electron chi connectivity index (χ1n) is 7.38. The van der Waals surface area contributed by atoms with Crippen LogP contribution >= 0.6 is 46.1 Å². The number of alkyl halides is 1. The highest BCUT2D eigenvalue weighted by atomic mass is 127. The number of benzene rings is 2. The molecule has 0 saturated heterocycles. The van der Waals surface area contributed by atoms with Gasteiger partial charge in [-0.3, -0.25) is 0 Å². The van der Waals surface area contributed by atoms with Crippen molar-refractivity contribution in [2.24, 2.45) is 0 Å². The van der Waals surface area contributed by atoms with Crippen molar-refractivity contribution in [3.05, 3.63) is 60.7 Å². The molecule has 0 radical (unpaired) electrons. The zero-order valence-electron chi connectivity index (χ0n) is 11.9. The van der Waals surface area contributed by atoms with Crippen LogP contribution in [0.2, 0.25) is 0 Å². The molecule has 2 aliphatic rings. The molecule has 4 rings (SSSR count). The summed E-state index contributed by atoms with van der Waals surface area (Å²) in [6.45, 7) is 0. The summed E-state index contributed by atoms with van der Waals surface area (Å²) in [5.41, 5.74) is 0. The van der Waals surface area contributed by atoms with Gasteiger partial charge in [0.25, 0.3) is 0 Å². The molecule has 2 fully saturated rings. The molecule has 0 N–H and O–H groups in total. The van der Waals surface area contributed by atoms with Crippen LogP contribution in [0.5, 0.6) is 0 Å². The van der Waals surface area contributed by atoms with Gasteiger partial charge in [-0.2, -0.15) is 0 Å². The zero-order chi connectivity index (χ0) is 14.5. The van der Waals surface area contributed by atoms with Crippen LogP contribution in [0, 0.1) is 0 Å². The van der Waals surface area contributed by atoms with Gasteiger partial charge in [-0.15, -0.1) is 23.5 Å². The van der Waals surface area contributed by atoms with Gasteiger partial charge in [-0.25, -0.2) is 0 Å². The van der Waals surface area contributed by atoms with E-state index >= 15 is 0 Å². The van der Waals surface area contributed by atoms with E-state index in [1.54, 1.807) is 0 Å². The molecule has 0 unspecified atom stereocenters. The fourth-order valence-electron chi connectivity index (χ4n) is 1.78. The van der Waals surface area contributed by atoms with Crippen LogP contribution < -0.4 is 0 Å². The van der Waals surface area contributed by atoms with Crippen molar-refractivity contribution >= 4 is 46.1 Å². The molecule has 0 atom stereocenters. The summed E-state index contributed by atoms with van der Waals surface area (Å²) in [5.74, 6) is 0. The van der Waals surface area contributed by atoms with E-state index in [4.69, 9.17) is 0 Å². The molecule has 0 nitrogen and oxygen atoms in total. The van der Waals surface area contributed by atoms with E-state index in [0.717, 1.165) is 5.25 Å². The van der Waals surface area contributed by atoms with Gasteiger partial charge in [0, 0.05) is 15.0 Å². The van der Waals surface area contributed by atoms with Crippen LogP contribution in [0.3, 0.4) is 0 Å². The molecule has 21 heavy (non-hydrogen) atoms. The third-order valence-corrected chi connectivity index (χ3v) is 7.63. The molecule has 110 valence electrons. The molecule has 3 heteroatoms. The number of rotatable bonds is 4. The number of hydrogen-bond donors (Lipinski definition) is 0. The maximum Gasteiger partial charge on any atom is 0.0721 e. The summed E-state index contributed by atoms with van der Waals surface area (Å²) in [4.78, 5) is 2.82. The lowest BCUT2D eigenvalue weighted by Crippen LogP contribution is -1.85. The topological polar surface area (TPSA) is 0 Å².